The van der Waals surface area contributed by atoms with E-state index in [1.807, 2.05) is 39.0 Å². The average molecular weight is 359 g/mol. The average Bonchev–Trinajstić information content (AvgIpc) is 2.67. The van der Waals surface area contributed by atoms with E-state index in [9.17, 15) is 4.79 Å². The molecule has 0 spiro atoms. The molecule has 1 heterocycles. The third-order valence-corrected chi connectivity index (χ3v) is 4.32. The zero-order valence-corrected chi connectivity index (χ0v) is 15.4. The van der Waals surface area contributed by atoms with Crippen LogP contribution in [0.25, 0.3) is 0 Å². The predicted octanol–water partition coefficient (Wildman–Crippen LogP) is 5.19. The lowest BCUT2D eigenvalue weighted by atomic mass is 10.1. The van der Waals surface area contributed by atoms with Gasteiger partial charge in [0.15, 0.2) is 0 Å². The highest BCUT2D eigenvalue weighted by Gasteiger charge is 2.25. The van der Waals surface area contributed by atoms with E-state index in [0.717, 1.165) is 24.9 Å². The molecule has 0 aliphatic carbocycles. The standard InChI is InChI=1S/C17H24Cl2N2O2/c1-17(2,3)23-16(22)21-10-5-6-12(9-11-21)20-15-13(18)7-4-8-14(15)19/h4,7-8,12,20H,5-6,9-11H2,1-3H3. The lowest BCUT2D eigenvalue weighted by Crippen LogP contribution is -2.37. The zero-order chi connectivity index (χ0) is 17.0. The maximum Gasteiger partial charge on any atom is 0.410 e. The Bertz CT molecular complexity index is 538. The van der Waals surface area contributed by atoms with Crippen molar-refractivity contribution in [2.75, 3.05) is 18.4 Å². The van der Waals surface area contributed by atoms with Crippen molar-refractivity contribution in [2.24, 2.45) is 0 Å². The number of para-hydroxylation sites is 1. The maximum atomic E-state index is 12.2. The minimum atomic E-state index is -0.466. The van der Waals surface area contributed by atoms with E-state index in [1.54, 1.807) is 4.90 Å². The van der Waals surface area contributed by atoms with Gasteiger partial charge >= 0.3 is 6.09 Å². The number of nitrogens with one attached hydrogen (secondary N) is 1. The van der Waals surface area contributed by atoms with Gasteiger partial charge in [-0.1, -0.05) is 29.3 Å². The molecular formula is C17H24Cl2N2O2. The van der Waals surface area contributed by atoms with Crippen molar-refractivity contribution >= 4 is 35.0 Å². The number of halogens is 2. The number of rotatable bonds is 2. The first kappa shape index (κ1) is 18.2. The second-order valence-electron chi connectivity index (χ2n) is 6.84. The Morgan fingerprint density at radius 2 is 1.87 bits per heavy atom. The van der Waals surface area contributed by atoms with Crippen molar-refractivity contribution in [3.05, 3.63) is 28.2 Å². The fourth-order valence-corrected chi connectivity index (χ4v) is 3.10. The fraction of sp³-hybridized carbons (Fsp3) is 0.588. The third kappa shape index (κ3) is 5.47. The molecule has 0 saturated carbocycles. The lowest BCUT2D eigenvalue weighted by molar-refractivity contribution is 0.0256. The molecule has 1 N–H and O–H groups in total. The summed E-state index contributed by atoms with van der Waals surface area (Å²) in [7, 11) is 0. The Labute approximate surface area is 148 Å². The molecule has 23 heavy (non-hydrogen) atoms. The number of carbonyl (C=O) groups is 1. The van der Waals surface area contributed by atoms with E-state index in [4.69, 9.17) is 27.9 Å². The van der Waals surface area contributed by atoms with Crippen LogP contribution in [0.3, 0.4) is 0 Å². The van der Waals surface area contributed by atoms with E-state index in [0.29, 0.717) is 23.1 Å². The summed E-state index contributed by atoms with van der Waals surface area (Å²) >= 11 is 12.4. The minimum Gasteiger partial charge on any atom is -0.444 e. The first-order chi connectivity index (χ1) is 10.8. The smallest absolute Gasteiger partial charge is 0.410 e. The quantitative estimate of drug-likeness (QED) is 0.790. The number of hydrogen-bond donors (Lipinski definition) is 1. The molecule has 4 nitrogen and oxygen atoms in total. The summed E-state index contributed by atoms with van der Waals surface area (Å²) in [5.41, 5.74) is 0.304. The summed E-state index contributed by atoms with van der Waals surface area (Å²) in [6.07, 6.45) is 2.47. The number of benzene rings is 1. The molecule has 1 aromatic rings. The Kier molecular flexibility index (Phi) is 6.04. The molecule has 1 aromatic carbocycles. The van der Waals surface area contributed by atoms with Crippen LogP contribution in [0, 0.1) is 0 Å². The lowest BCUT2D eigenvalue weighted by Gasteiger charge is -2.26. The van der Waals surface area contributed by atoms with Crippen LogP contribution in [-0.2, 0) is 4.74 Å². The second-order valence-corrected chi connectivity index (χ2v) is 7.65. The maximum absolute atomic E-state index is 12.2. The topological polar surface area (TPSA) is 41.6 Å². The normalized spacial score (nSPS) is 19.2. The number of hydrogen-bond acceptors (Lipinski definition) is 3. The highest BCUT2D eigenvalue weighted by atomic mass is 35.5. The van der Waals surface area contributed by atoms with Crippen molar-refractivity contribution < 1.29 is 9.53 Å². The van der Waals surface area contributed by atoms with Gasteiger partial charge in [-0.15, -0.1) is 0 Å². The van der Waals surface area contributed by atoms with Crippen LogP contribution in [-0.4, -0.2) is 35.7 Å². The van der Waals surface area contributed by atoms with Crippen LogP contribution in [0.1, 0.15) is 40.0 Å². The molecule has 1 unspecified atom stereocenters. The van der Waals surface area contributed by atoms with Crippen molar-refractivity contribution in [3.8, 4) is 0 Å². The van der Waals surface area contributed by atoms with Gasteiger partial charge in [0.25, 0.3) is 0 Å². The summed E-state index contributed by atoms with van der Waals surface area (Å²) in [4.78, 5) is 14.0. The molecule has 0 radical (unpaired) electrons. The number of likely N-dealkylation sites (tertiary alicyclic amines) is 1. The van der Waals surface area contributed by atoms with Gasteiger partial charge in [0.2, 0.25) is 0 Å². The van der Waals surface area contributed by atoms with Crippen molar-refractivity contribution in [1.29, 1.82) is 0 Å². The van der Waals surface area contributed by atoms with E-state index in [-0.39, 0.29) is 12.1 Å². The monoisotopic (exact) mass is 358 g/mol. The molecule has 1 amide bonds. The van der Waals surface area contributed by atoms with Gasteiger partial charge in [-0.2, -0.15) is 0 Å². The third-order valence-electron chi connectivity index (χ3n) is 3.69. The molecule has 1 saturated heterocycles. The number of carbonyl (C=O) groups excluding carboxylic acids is 1. The van der Waals surface area contributed by atoms with Gasteiger partial charge in [-0.25, -0.2) is 4.79 Å². The largest absolute Gasteiger partial charge is 0.444 e. The predicted molar refractivity (Wildman–Crippen MR) is 95.5 cm³/mol. The highest BCUT2D eigenvalue weighted by Crippen LogP contribution is 2.31. The molecule has 2 rings (SSSR count). The Hall–Kier alpha value is -1.13. The summed E-state index contributed by atoms with van der Waals surface area (Å²) in [6, 6.07) is 5.70. The van der Waals surface area contributed by atoms with E-state index < -0.39 is 5.60 Å². The van der Waals surface area contributed by atoms with Crippen LogP contribution in [0.2, 0.25) is 10.0 Å². The minimum absolute atomic E-state index is 0.236. The van der Waals surface area contributed by atoms with E-state index >= 15 is 0 Å². The second kappa shape index (κ2) is 7.63. The van der Waals surface area contributed by atoms with Gasteiger partial charge in [-0.05, 0) is 52.2 Å². The van der Waals surface area contributed by atoms with Crippen LogP contribution in [0.5, 0.6) is 0 Å². The number of anilines is 1. The molecule has 1 aliphatic rings. The van der Waals surface area contributed by atoms with Gasteiger partial charge < -0.3 is 15.0 Å². The van der Waals surface area contributed by atoms with Crippen LogP contribution < -0.4 is 5.32 Å². The fourth-order valence-electron chi connectivity index (χ4n) is 2.59. The molecule has 0 bridgehead atoms. The van der Waals surface area contributed by atoms with Crippen molar-refractivity contribution in [1.82, 2.24) is 4.90 Å². The SMILES string of the molecule is CC(C)(C)OC(=O)N1CCCC(Nc2c(Cl)cccc2Cl)CC1. The molecule has 6 heteroatoms. The van der Waals surface area contributed by atoms with E-state index in [1.165, 1.54) is 0 Å². The Morgan fingerprint density at radius 3 is 2.48 bits per heavy atom. The summed E-state index contributed by atoms with van der Waals surface area (Å²) < 4.78 is 5.45. The molecular weight excluding hydrogens is 335 g/mol. The molecule has 1 atom stereocenters. The summed E-state index contributed by atoms with van der Waals surface area (Å²) in [5, 5.41) is 4.66. The number of nitrogens with zero attached hydrogens (tertiary/aromatic N) is 1. The van der Waals surface area contributed by atoms with Gasteiger partial charge in [0.05, 0.1) is 15.7 Å². The molecule has 0 aromatic heterocycles. The first-order valence-electron chi connectivity index (χ1n) is 7.95. The first-order valence-corrected chi connectivity index (χ1v) is 8.70. The van der Waals surface area contributed by atoms with Gasteiger partial charge in [-0.3, -0.25) is 0 Å². The van der Waals surface area contributed by atoms with Crippen LogP contribution in [0.4, 0.5) is 10.5 Å². The number of amides is 1. The van der Waals surface area contributed by atoms with Crippen molar-refractivity contribution in [3.63, 3.8) is 0 Å². The molecule has 1 aliphatic heterocycles. The van der Waals surface area contributed by atoms with Gasteiger partial charge in [0.1, 0.15) is 5.60 Å². The summed E-state index contributed by atoms with van der Waals surface area (Å²) in [6.45, 7) is 7.02. The molecule has 1 fully saturated rings. The Balaban J connectivity index is 1.95. The van der Waals surface area contributed by atoms with Crippen LogP contribution in [0.15, 0.2) is 18.2 Å². The zero-order valence-electron chi connectivity index (χ0n) is 13.9. The highest BCUT2D eigenvalue weighted by molar-refractivity contribution is 6.39. The van der Waals surface area contributed by atoms with E-state index in [2.05, 4.69) is 5.32 Å². The van der Waals surface area contributed by atoms with Crippen LogP contribution >= 0.6 is 23.2 Å². The van der Waals surface area contributed by atoms with Gasteiger partial charge in [0, 0.05) is 19.1 Å². The Morgan fingerprint density at radius 1 is 1.22 bits per heavy atom. The number of ether oxygens (including phenoxy) is 1. The summed E-state index contributed by atoms with van der Waals surface area (Å²) in [5.74, 6) is 0. The molecule has 128 valence electrons. The van der Waals surface area contributed by atoms with Crippen molar-refractivity contribution in [2.45, 2.75) is 51.7 Å².